The first-order valence-electron chi connectivity index (χ1n) is 14.7. The number of sulfonamides is 1. The van der Waals surface area contributed by atoms with Crippen molar-refractivity contribution in [2.24, 2.45) is 0 Å². The van der Waals surface area contributed by atoms with Gasteiger partial charge in [0.15, 0.2) is 0 Å². The van der Waals surface area contributed by atoms with E-state index in [1.807, 2.05) is 0 Å². The molecule has 10 nitrogen and oxygen atoms in total. The highest BCUT2D eigenvalue weighted by molar-refractivity contribution is 7.93. The summed E-state index contributed by atoms with van der Waals surface area (Å²) in [7, 11) is -1.80. The summed E-state index contributed by atoms with van der Waals surface area (Å²) in [5.74, 6) is -0.562. The lowest BCUT2D eigenvalue weighted by atomic mass is 9.98. The van der Waals surface area contributed by atoms with Crippen LogP contribution in [0.1, 0.15) is 11.1 Å². The second kappa shape index (κ2) is 14.9. The number of hydrogen-bond donors (Lipinski definition) is 0. The van der Waals surface area contributed by atoms with Crippen LogP contribution in [0.15, 0.2) is 95.6 Å². The van der Waals surface area contributed by atoms with Crippen molar-refractivity contribution >= 4 is 49.7 Å². The van der Waals surface area contributed by atoms with E-state index < -0.39 is 37.5 Å². The topological polar surface area (TPSA) is 117 Å². The number of hydrogen-bond acceptors (Lipinski definition) is 10. The maximum absolute atomic E-state index is 15.9. The van der Waals surface area contributed by atoms with E-state index in [2.05, 4.69) is 20.4 Å². The van der Waals surface area contributed by atoms with Gasteiger partial charge in [0.1, 0.15) is 39.2 Å². The van der Waals surface area contributed by atoms with Gasteiger partial charge in [0.2, 0.25) is 5.13 Å². The number of nitrogens with zero attached hydrogens (tertiary/aromatic N) is 5. The molecule has 52 heavy (non-hydrogen) atoms. The molecule has 0 bridgehead atoms. The van der Waals surface area contributed by atoms with Gasteiger partial charge in [-0.2, -0.15) is 23.4 Å². The number of rotatable bonds is 11. The summed E-state index contributed by atoms with van der Waals surface area (Å²) in [6.45, 7) is -0.312. The molecular weight excluding hydrogens is 769 g/mol. The van der Waals surface area contributed by atoms with Gasteiger partial charge in [0.05, 0.1) is 48.8 Å². The fourth-order valence-corrected chi connectivity index (χ4v) is 7.83. The van der Waals surface area contributed by atoms with Crippen LogP contribution in [-0.2, 0) is 22.7 Å². The highest BCUT2D eigenvalue weighted by Gasteiger charge is 2.34. The first kappa shape index (κ1) is 36.8. The Morgan fingerprint density at radius 2 is 1.58 bits per heavy atom. The molecule has 0 fully saturated rings. The summed E-state index contributed by atoms with van der Waals surface area (Å²) in [6, 6.07) is 16.1. The fraction of sp³-hybridized carbons (Fsp3) is 0.118. The molecule has 0 saturated carbocycles. The molecule has 0 aliphatic carbocycles. The van der Waals surface area contributed by atoms with Gasteiger partial charge in [0.25, 0.3) is 10.0 Å². The summed E-state index contributed by atoms with van der Waals surface area (Å²) < 4.78 is 103. The van der Waals surface area contributed by atoms with Crippen molar-refractivity contribution in [2.45, 2.75) is 17.6 Å². The zero-order chi connectivity index (χ0) is 37.2. The molecule has 6 aromatic rings. The van der Waals surface area contributed by atoms with E-state index >= 15 is 4.39 Å². The van der Waals surface area contributed by atoms with E-state index in [9.17, 15) is 21.6 Å². The minimum atomic E-state index is -4.69. The average molecular weight is 793 g/mol. The smallest absolute Gasteiger partial charge is 0.417 e. The lowest BCUT2D eigenvalue weighted by Gasteiger charge is -2.23. The number of benzene rings is 4. The Bertz CT molecular complexity index is 2350. The van der Waals surface area contributed by atoms with E-state index in [-0.39, 0.29) is 33.8 Å². The Morgan fingerprint density at radius 3 is 2.25 bits per heavy atom. The average Bonchev–Trinajstić information content (AvgIpc) is 3.66. The minimum Gasteiger partial charge on any atom is -0.497 e. The minimum absolute atomic E-state index is 0.0487. The number of anilines is 1. The number of alkyl halides is 3. The van der Waals surface area contributed by atoms with Crippen LogP contribution in [0.4, 0.5) is 22.7 Å². The molecule has 2 heterocycles. The first-order chi connectivity index (χ1) is 24.8. The van der Waals surface area contributed by atoms with Gasteiger partial charge in [-0.15, -0.1) is 10.2 Å². The molecule has 0 aliphatic rings. The molecule has 0 amide bonds. The van der Waals surface area contributed by atoms with Crippen molar-refractivity contribution in [2.75, 3.05) is 18.5 Å². The van der Waals surface area contributed by atoms with E-state index in [0.717, 1.165) is 39.9 Å². The predicted octanol–water partition coefficient (Wildman–Crippen LogP) is 9.33. The Labute approximate surface area is 308 Å². The number of ether oxygens (including phenoxy) is 3. The van der Waals surface area contributed by atoms with Gasteiger partial charge in [0, 0.05) is 28.8 Å². The van der Waals surface area contributed by atoms with E-state index in [4.69, 9.17) is 37.4 Å². The Balaban J connectivity index is 1.38. The van der Waals surface area contributed by atoms with Crippen molar-refractivity contribution < 1.29 is 40.2 Å². The third-order valence-corrected chi connectivity index (χ3v) is 10.8. The van der Waals surface area contributed by atoms with Gasteiger partial charge in [-0.3, -0.25) is 0 Å². The molecule has 18 heteroatoms. The third-order valence-electron chi connectivity index (χ3n) is 7.62. The van der Waals surface area contributed by atoms with E-state index in [1.54, 1.807) is 30.3 Å². The van der Waals surface area contributed by atoms with Crippen LogP contribution in [0.2, 0.25) is 10.0 Å². The molecule has 0 atom stereocenters. The Kier molecular flexibility index (Phi) is 10.5. The zero-order valence-corrected chi connectivity index (χ0v) is 29.9. The monoisotopic (exact) mass is 791 g/mol. The molecule has 0 unspecified atom stereocenters. The summed E-state index contributed by atoms with van der Waals surface area (Å²) in [4.78, 5) is -0.773. The van der Waals surface area contributed by atoms with Gasteiger partial charge >= 0.3 is 6.18 Å². The fourth-order valence-electron chi connectivity index (χ4n) is 5.09. The van der Waals surface area contributed by atoms with Crippen LogP contribution >= 0.6 is 34.5 Å². The maximum Gasteiger partial charge on any atom is 0.417 e. The standard InChI is InChI=1S/C34H23Cl2F4N5O5S2/c1-48-23-6-3-22(30(13-23)49-2)17-45(33-44-43-18-51-33)52(46,47)32-14-27(36)31(15-28(32)37)50-29-8-5-19(11-24(29)21-9-10-41-42-16-21)20-4-7-26(35)25(12-20)34(38,39)40/h3-16,18H,17H2,1-2H3. The molecule has 0 N–H and O–H groups in total. The van der Waals surface area contributed by atoms with E-state index in [0.29, 0.717) is 33.8 Å². The number of halogens is 6. The van der Waals surface area contributed by atoms with Gasteiger partial charge < -0.3 is 14.2 Å². The summed E-state index contributed by atoms with van der Waals surface area (Å²) in [6.07, 6.45) is -1.90. The Hall–Kier alpha value is -5.03. The molecule has 0 radical (unpaired) electrons. The molecule has 4 aromatic carbocycles. The SMILES string of the molecule is COc1ccc(CN(c2nncs2)S(=O)(=O)c2cc(Cl)c(Oc3ccc(-c4ccc(Cl)c(C(F)(F)F)c4)cc3-c3ccnnc3)cc2F)c(OC)c1. The van der Waals surface area contributed by atoms with Crippen LogP contribution in [-0.4, -0.2) is 43.0 Å². The van der Waals surface area contributed by atoms with Crippen LogP contribution in [0, 0.1) is 5.82 Å². The number of aromatic nitrogens is 4. The van der Waals surface area contributed by atoms with Crippen molar-refractivity contribution in [3.8, 4) is 45.3 Å². The quantitative estimate of drug-likeness (QED) is 0.118. The van der Waals surface area contributed by atoms with Crippen LogP contribution < -0.4 is 18.5 Å². The highest BCUT2D eigenvalue weighted by atomic mass is 35.5. The van der Waals surface area contributed by atoms with Gasteiger partial charge in [-0.05, 0) is 59.7 Å². The molecule has 0 aliphatic heterocycles. The molecule has 6 rings (SSSR count). The molecule has 0 saturated heterocycles. The van der Waals surface area contributed by atoms with Gasteiger partial charge in [-0.1, -0.05) is 46.7 Å². The van der Waals surface area contributed by atoms with Crippen LogP contribution in [0.25, 0.3) is 22.3 Å². The summed E-state index contributed by atoms with van der Waals surface area (Å²) in [5, 5.41) is 14.5. The molecule has 0 spiro atoms. The summed E-state index contributed by atoms with van der Waals surface area (Å²) >= 11 is 13.3. The second-order valence-electron chi connectivity index (χ2n) is 10.8. The van der Waals surface area contributed by atoms with Crippen LogP contribution in [0.5, 0.6) is 23.0 Å². The summed E-state index contributed by atoms with van der Waals surface area (Å²) in [5.41, 5.74) is 2.09. The second-order valence-corrected chi connectivity index (χ2v) is 14.2. The van der Waals surface area contributed by atoms with Crippen molar-refractivity contribution in [3.05, 3.63) is 118 Å². The van der Waals surface area contributed by atoms with Crippen molar-refractivity contribution in [1.29, 1.82) is 0 Å². The normalized spacial score (nSPS) is 11.7. The first-order valence-corrected chi connectivity index (χ1v) is 17.8. The predicted molar refractivity (Wildman–Crippen MR) is 187 cm³/mol. The lowest BCUT2D eigenvalue weighted by Crippen LogP contribution is -2.31. The maximum atomic E-state index is 15.9. The molecular formula is C34H23Cl2F4N5O5S2. The lowest BCUT2D eigenvalue weighted by molar-refractivity contribution is -0.137. The van der Waals surface area contributed by atoms with Crippen LogP contribution in [0.3, 0.4) is 0 Å². The van der Waals surface area contributed by atoms with Crippen molar-refractivity contribution in [3.63, 3.8) is 0 Å². The Morgan fingerprint density at radius 1 is 0.808 bits per heavy atom. The van der Waals surface area contributed by atoms with Crippen molar-refractivity contribution in [1.82, 2.24) is 20.4 Å². The third kappa shape index (κ3) is 7.60. The highest BCUT2D eigenvalue weighted by Crippen LogP contribution is 2.42. The zero-order valence-electron chi connectivity index (χ0n) is 26.7. The molecule has 2 aromatic heterocycles. The van der Waals surface area contributed by atoms with E-state index in [1.165, 1.54) is 50.3 Å². The number of methoxy groups -OCH3 is 2. The van der Waals surface area contributed by atoms with Gasteiger partial charge in [-0.25, -0.2) is 17.1 Å². The molecule has 268 valence electrons. The largest absolute Gasteiger partial charge is 0.497 e.